The Bertz CT molecular complexity index is 1090. The molecular weight excluding hydrogens is 438 g/mol. The van der Waals surface area contributed by atoms with Gasteiger partial charge in [0, 0.05) is 34.4 Å². The lowest BCUT2D eigenvalue weighted by atomic mass is 9.91. The van der Waals surface area contributed by atoms with Crippen molar-refractivity contribution in [2.75, 3.05) is 6.54 Å². The second kappa shape index (κ2) is 6.74. The Labute approximate surface area is 175 Å². The number of unbranched alkanes of at least 4 members (excludes halogenated alkanes) is 1. The molecule has 0 unspecified atom stereocenters. The fraction of sp³-hybridized carbons (Fsp3) is 0.333. The first-order valence-corrected chi connectivity index (χ1v) is 11.2. The number of fused-ring (bicyclic) bond motifs is 4. The number of aromatic nitrogens is 1. The molecule has 0 saturated carbocycles. The second-order valence-electron chi connectivity index (χ2n) is 7.36. The van der Waals surface area contributed by atoms with Crippen molar-refractivity contribution in [3.63, 3.8) is 0 Å². The topological polar surface area (TPSA) is 56.4 Å². The Hall–Kier alpha value is -2.12. The normalized spacial score (nSPS) is 21.5. The summed E-state index contributed by atoms with van der Waals surface area (Å²) in [5, 5.41) is 1.14. The number of nitrogens with zero attached hydrogens (tertiary/aromatic N) is 2. The molecule has 1 fully saturated rings. The zero-order chi connectivity index (χ0) is 19.4. The Balaban J connectivity index is 1.68. The third kappa shape index (κ3) is 2.56. The number of halogens is 1. The minimum absolute atomic E-state index is 0.0602. The fourth-order valence-electron chi connectivity index (χ4n) is 4.43. The molecule has 2 atom stereocenters. The standard InChI is InChI=1S/C21H20BrN3O2S/c1-2-3-10-24-20(26)15-11-13-12-6-4-5-7-14(12)23-18(13)19(25(15)21(24)27)16-8-9-17(22)28-16/h4-9,15,19,23H,2-3,10-11H2,1H3/t15-,19-/m1/s1. The molecule has 1 N–H and O–H groups in total. The van der Waals surface area contributed by atoms with Crippen molar-refractivity contribution >= 4 is 50.1 Å². The molecule has 28 heavy (non-hydrogen) atoms. The summed E-state index contributed by atoms with van der Waals surface area (Å²) in [5.41, 5.74) is 3.24. The molecule has 4 heterocycles. The average molecular weight is 458 g/mol. The van der Waals surface area contributed by atoms with Gasteiger partial charge in [-0.3, -0.25) is 14.6 Å². The summed E-state index contributed by atoms with van der Waals surface area (Å²) in [6.45, 7) is 2.57. The summed E-state index contributed by atoms with van der Waals surface area (Å²) in [4.78, 5) is 34.3. The summed E-state index contributed by atoms with van der Waals surface area (Å²) < 4.78 is 1.02. The van der Waals surface area contributed by atoms with E-state index in [1.165, 1.54) is 4.90 Å². The van der Waals surface area contributed by atoms with Crippen LogP contribution in [0, 0.1) is 0 Å². The SMILES string of the molecule is CCCCN1C(=O)[C@H]2Cc3c([nH]c4ccccc34)[C@@H](c3ccc(Br)s3)N2C1=O. The fourth-order valence-corrected chi connectivity index (χ4v) is 5.96. The molecule has 1 saturated heterocycles. The molecule has 2 aromatic heterocycles. The maximum Gasteiger partial charge on any atom is 0.328 e. The van der Waals surface area contributed by atoms with Crippen LogP contribution in [-0.4, -0.2) is 39.3 Å². The Morgan fingerprint density at radius 1 is 1.21 bits per heavy atom. The number of para-hydroxylation sites is 1. The highest BCUT2D eigenvalue weighted by atomic mass is 79.9. The van der Waals surface area contributed by atoms with Gasteiger partial charge < -0.3 is 4.98 Å². The van der Waals surface area contributed by atoms with Gasteiger partial charge >= 0.3 is 6.03 Å². The van der Waals surface area contributed by atoms with E-state index in [-0.39, 0.29) is 18.0 Å². The van der Waals surface area contributed by atoms with Crippen LogP contribution in [-0.2, 0) is 11.2 Å². The average Bonchev–Trinajstić information content (AvgIpc) is 3.35. The van der Waals surface area contributed by atoms with Crippen LogP contribution in [0.4, 0.5) is 4.79 Å². The third-order valence-corrected chi connectivity index (χ3v) is 7.41. The molecule has 5 rings (SSSR count). The van der Waals surface area contributed by atoms with Crippen molar-refractivity contribution in [3.05, 3.63) is 56.3 Å². The quantitative estimate of drug-likeness (QED) is 0.555. The lowest BCUT2D eigenvalue weighted by molar-refractivity contribution is -0.128. The number of thiophene rings is 1. The largest absolute Gasteiger partial charge is 0.356 e. The number of imide groups is 1. The van der Waals surface area contributed by atoms with E-state index < -0.39 is 6.04 Å². The Morgan fingerprint density at radius 2 is 2.04 bits per heavy atom. The van der Waals surface area contributed by atoms with Crippen molar-refractivity contribution in [2.24, 2.45) is 0 Å². The molecule has 144 valence electrons. The number of hydrogen-bond donors (Lipinski definition) is 1. The number of carbonyl (C=O) groups is 2. The van der Waals surface area contributed by atoms with E-state index >= 15 is 0 Å². The summed E-state index contributed by atoms with van der Waals surface area (Å²) in [6, 6.07) is 11.4. The van der Waals surface area contributed by atoms with E-state index in [0.717, 1.165) is 43.7 Å². The van der Waals surface area contributed by atoms with Gasteiger partial charge in [-0.1, -0.05) is 31.5 Å². The predicted molar refractivity (Wildman–Crippen MR) is 114 cm³/mol. The molecule has 0 spiro atoms. The zero-order valence-electron chi connectivity index (χ0n) is 15.4. The van der Waals surface area contributed by atoms with Gasteiger partial charge in [-0.05, 0) is 46.1 Å². The molecule has 2 aliphatic rings. The van der Waals surface area contributed by atoms with Gasteiger partial charge in [-0.2, -0.15) is 0 Å². The maximum atomic E-state index is 13.3. The van der Waals surface area contributed by atoms with Gasteiger partial charge in [0.15, 0.2) is 0 Å². The molecule has 0 bridgehead atoms. The van der Waals surface area contributed by atoms with Crippen LogP contribution in [0.15, 0.2) is 40.2 Å². The Morgan fingerprint density at radius 3 is 2.79 bits per heavy atom. The minimum Gasteiger partial charge on any atom is -0.356 e. The first-order chi connectivity index (χ1) is 13.6. The summed E-state index contributed by atoms with van der Waals surface area (Å²) in [5.74, 6) is -0.0602. The van der Waals surface area contributed by atoms with Gasteiger partial charge in [0.2, 0.25) is 0 Å². The number of hydrogen-bond acceptors (Lipinski definition) is 3. The molecule has 1 aromatic carbocycles. The lowest BCUT2D eigenvalue weighted by Crippen LogP contribution is -2.43. The Kier molecular flexibility index (Phi) is 4.32. The van der Waals surface area contributed by atoms with Crippen LogP contribution in [0.25, 0.3) is 10.9 Å². The van der Waals surface area contributed by atoms with Gasteiger partial charge in [0.05, 0.1) is 3.79 Å². The summed E-state index contributed by atoms with van der Waals surface area (Å²) in [7, 11) is 0. The zero-order valence-corrected chi connectivity index (χ0v) is 17.8. The van der Waals surface area contributed by atoms with E-state index in [2.05, 4.69) is 40.0 Å². The van der Waals surface area contributed by atoms with Crippen LogP contribution >= 0.6 is 27.3 Å². The highest BCUT2D eigenvalue weighted by Crippen LogP contribution is 2.46. The molecule has 2 aliphatic heterocycles. The van der Waals surface area contributed by atoms with Crippen molar-refractivity contribution in [1.82, 2.24) is 14.8 Å². The van der Waals surface area contributed by atoms with Crippen LogP contribution in [0.1, 0.15) is 41.9 Å². The number of aromatic amines is 1. The van der Waals surface area contributed by atoms with E-state index in [4.69, 9.17) is 0 Å². The van der Waals surface area contributed by atoms with Gasteiger partial charge in [-0.15, -0.1) is 11.3 Å². The summed E-state index contributed by atoms with van der Waals surface area (Å²) >= 11 is 5.16. The predicted octanol–water partition coefficient (Wildman–Crippen LogP) is 5.07. The maximum absolute atomic E-state index is 13.3. The van der Waals surface area contributed by atoms with Crippen LogP contribution in [0.3, 0.4) is 0 Å². The molecule has 5 nitrogen and oxygen atoms in total. The van der Waals surface area contributed by atoms with Gasteiger partial charge in [-0.25, -0.2) is 4.79 Å². The molecular formula is C21H20BrN3O2S. The highest BCUT2D eigenvalue weighted by molar-refractivity contribution is 9.11. The monoisotopic (exact) mass is 457 g/mol. The van der Waals surface area contributed by atoms with E-state index in [9.17, 15) is 9.59 Å². The van der Waals surface area contributed by atoms with Crippen LogP contribution < -0.4 is 0 Å². The van der Waals surface area contributed by atoms with Crippen molar-refractivity contribution in [2.45, 2.75) is 38.3 Å². The number of nitrogens with one attached hydrogen (secondary N) is 1. The summed E-state index contributed by atoms with van der Waals surface area (Å²) in [6.07, 6.45) is 2.35. The number of rotatable bonds is 4. The van der Waals surface area contributed by atoms with Crippen LogP contribution in [0.2, 0.25) is 0 Å². The molecule has 0 radical (unpaired) electrons. The van der Waals surface area contributed by atoms with Gasteiger partial charge in [0.25, 0.3) is 5.91 Å². The first kappa shape index (κ1) is 17.9. The smallest absolute Gasteiger partial charge is 0.328 e. The first-order valence-electron chi connectivity index (χ1n) is 9.58. The minimum atomic E-state index is -0.429. The number of carbonyl (C=O) groups excluding carboxylic acids is 2. The number of urea groups is 1. The van der Waals surface area contributed by atoms with Gasteiger partial charge in [0.1, 0.15) is 12.1 Å². The van der Waals surface area contributed by atoms with Crippen molar-refractivity contribution in [1.29, 1.82) is 0 Å². The molecule has 3 amide bonds. The lowest BCUT2D eigenvalue weighted by Gasteiger charge is -2.35. The highest BCUT2D eigenvalue weighted by Gasteiger charge is 2.52. The van der Waals surface area contributed by atoms with Crippen molar-refractivity contribution in [3.8, 4) is 0 Å². The van der Waals surface area contributed by atoms with E-state index in [1.807, 2.05) is 24.3 Å². The number of benzene rings is 1. The molecule has 7 heteroatoms. The second-order valence-corrected chi connectivity index (χ2v) is 9.86. The van der Waals surface area contributed by atoms with E-state index in [0.29, 0.717) is 13.0 Å². The molecule has 3 aromatic rings. The van der Waals surface area contributed by atoms with E-state index in [1.54, 1.807) is 16.2 Å². The third-order valence-electron chi connectivity index (χ3n) is 5.73. The molecule has 0 aliphatic carbocycles. The number of H-pyrrole nitrogens is 1. The van der Waals surface area contributed by atoms with Crippen molar-refractivity contribution < 1.29 is 9.59 Å². The van der Waals surface area contributed by atoms with Crippen LogP contribution in [0.5, 0.6) is 0 Å². The number of amides is 3.